The summed E-state index contributed by atoms with van der Waals surface area (Å²) < 4.78 is 11.3. The topological polar surface area (TPSA) is 30.5 Å². The highest BCUT2D eigenvalue weighted by molar-refractivity contribution is 5.48. The quantitative estimate of drug-likeness (QED) is 0.863. The van der Waals surface area contributed by atoms with E-state index >= 15 is 0 Å². The maximum absolute atomic E-state index is 6.06. The third kappa shape index (κ3) is 4.15. The van der Waals surface area contributed by atoms with Crippen molar-refractivity contribution in [3.05, 3.63) is 53.6 Å². The van der Waals surface area contributed by atoms with Gasteiger partial charge in [0, 0.05) is 11.8 Å². The van der Waals surface area contributed by atoms with Crippen molar-refractivity contribution in [2.24, 2.45) is 0 Å². The Balaban J connectivity index is 1.94. The molecule has 0 aliphatic heterocycles. The Labute approximate surface area is 126 Å². The van der Waals surface area contributed by atoms with Gasteiger partial charge < -0.3 is 14.8 Å². The van der Waals surface area contributed by atoms with Crippen molar-refractivity contribution in [1.29, 1.82) is 0 Å². The lowest BCUT2D eigenvalue weighted by Gasteiger charge is -2.19. The minimum absolute atomic E-state index is 0.0796. The van der Waals surface area contributed by atoms with Crippen LogP contribution in [0.25, 0.3) is 0 Å². The van der Waals surface area contributed by atoms with E-state index in [0.717, 1.165) is 23.7 Å². The molecule has 0 amide bonds. The van der Waals surface area contributed by atoms with Crippen LogP contribution in [0.5, 0.6) is 11.5 Å². The smallest absolute Gasteiger partial charge is 0.125 e. The van der Waals surface area contributed by atoms with Gasteiger partial charge >= 0.3 is 0 Å². The second-order valence-corrected chi connectivity index (χ2v) is 5.26. The normalized spacial score (nSPS) is 11.8. The van der Waals surface area contributed by atoms with Gasteiger partial charge in [-0.15, -0.1) is 0 Å². The largest absolute Gasteiger partial charge is 0.497 e. The lowest BCUT2D eigenvalue weighted by atomic mass is 10.1. The van der Waals surface area contributed by atoms with Crippen LogP contribution < -0.4 is 14.8 Å². The van der Waals surface area contributed by atoms with Gasteiger partial charge in [-0.25, -0.2) is 0 Å². The third-order valence-corrected chi connectivity index (χ3v) is 3.39. The van der Waals surface area contributed by atoms with E-state index < -0.39 is 0 Å². The highest BCUT2D eigenvalue weighted by Gasteiger charge is 2.08. The lowest BCUT2D eigenvalue weighted by Crippen LogP contribution is -2.23. The van der Waals surface area contributed by atoms with Gasteiger partial charge in [-0.05, 0) is 44.0 Å². The van der Waals surface area contributed by atoms with Gasteiger partial charge in [-0.2, -0.15) is 0 Å². The monoisotopic (exact) mass is 285 g/mol. The molecule has 0 saturated heterocycles. The van der Waals surface area contributed by atoms with E-state index in [-0.39, 0.29) is 6.10 Å². The van der Waals surface area contributed by atoms with Crippen LogP contribution in [0.3, 0.4) is 0 Å². The summed E-state index contributed by atoms with van der Waals surface area (Å²) >= 11 is 0. The molecule has 112 valence electrons. The summed E-state index contributed by atoms with van der Waals surface area (Å²) in [7, 11) is 1.67. The van der Waals surface area contributed by atoms with Crippen molar-refractivity contribution in [3.63, 3.8) is 0 Å². The SMILES string of the molecule is COc1cccc(NCC(C)Oc2c(C)cccc2C)c1. The van der Waals surface area contributed by atoms with Gasteiger partial charge in [-0.1, -0.05) is 24.3 Å². The molecule has 1 unspecified atom stereocenters. The van der Waals surface area contributed by atoms with Crippen LogP contribution in [0.15, 0.2) is 42.5 Å². The van der Waals surface area contributed by atoms with Gasteiger partial charge in [0.2, 0.25) is 0 Å². The molecular weight excluding hydrogens is 262 g/mol. The molecule has 21 heavy (non-hydrogen) atoms. The minimum atomic E-state index is 0.0796. The molecule has 3 nitrogen and oxygen atoms in total. The van der Waals surface area contributed by atoms with E-state index in [2.05, 4.69) is 44.3 Å². The third-order valence-electron chi connectivity index (χ3n) is 3.39. The number of anilines is 1. The van der Waals surface area contributed by atoms with Crippen LogP contribution in [0.4, 0.5) is 5.69 Å². The molecule has 0 bridgehead atoms. The Bertz CT molecular complexity index is 575. The van der Waals surface area contributed by atoms with E-state index in [0.29, 0.717) is 0 Å². The van der Waals surface area contributed by atoms with Gasteiger partial charge in [-0.3, -0.25) is 0 Å². The van der Waals surface area contributed by atoms with Crippen LogP contribution in [-0.2, 0) is 0 Å². The predicted molar refractivity (Wildman–Crippen MR) is 87.5 cm³/mol. The molecule has 2 aromatic carbocycles. The molecule has 0 aliphatic carbocycles. The van der Waals surface area contributed by atoms with Crippen LogP contribution in [0.2, 0.25) is 0 Å². The van der Waals surface area contributed by atoms with E-state index in [9.17, 15) is 0 Å². The number of ether oxygens (including phenoxy) is 2. The zero-order valence-corrected chi connectivity index (χ0v) is 13.1. The van der Waals surface area contributed by atoms with Crippen molar-refractivity contribution in [2.45, 2.75) is 26.9 Å². The number of rotatable bonds is 6. The summed E-state index contributed by atoms with van der Waals surface area (Å²) in [4.78, 5) is 0. The fraction of sp³-hybridized carbons (Fsp3) is 0.333. The molecule has 1 N–H and O–H groups in total. The molecule has 0 fully saturated rings. The predicted octanol–water partition coefficient (Wildman–Crippen LogP) is 4.19. The number of hydrogen-bond donors (Lipinski definition) is 1. The van der Waals surface area contributed by atoms with Crippen LogP contribution in [-0.4, -0.2) is 19.8 Å². The molecule has 2 aromatic rings. The summed E-state index contributed by atoms with van der Waals surface area (Å²) in [6, 6.07) is 14.1. The number of benzene rings is 2. The number of nitrogens with one attached hydrogen (secondary N) is 1. The Morgan fingerprint density at radius 3 is 2.38 bits per heavy atom. The second-order valence-electron chi connectivity index (χ2n) is 5.26. The van der Waals surface area contributed by atoms with E-state index in [1.165, 1.54) is 11.1 Å². The minimum Gasteiger partial charge on any atom is -0.497 e. The molecule has 0 heterocycles. The van der Waals surface area contributed by atoms with Crippen molar-refractivity contribution in [3.8, 4) is 11.5 Å². The molecule has 0 aliphatic rings. The Kier molecular flexibility index (Phi) is 5.09. The summed E-state index contributed by atoms with van der Waals surface area (Å²) in [6.07, 6.45) is 0.0796. The van der Waals surface area contributed by atoms with Crippen LogP contribution in [0, 0.1) is 13.8 Å². The summed E-state index contributed by atoms with van der Waals surface area (Å²) in [5.74, 6) is 1.83. The molecule has 1 atom stereocenters. The molecule has 0 radical (unpaired) electrons. The summed E-state index contributed by atoms with van der Waals surface area (Å²) in [6.45, 7) is 6.95. The first-order valence-corrected chi connectivity index (χ1v) is 7.21. The zero-order chi connectivity index (χ0) is 15.2. The highest BCUT2D eigenvalue weighted by atomic mass is 16.5. The van der Waals surface area contributed by atoms with Gasteiger partial charge in [0.05, 0.1) is 13.7 Å². The van der Waals surface area contributed by atoms with Crippen molar-refractivity contribution >= 4 is 5.69 Å². The average molecular weight is 285 g/mol. The Morgan fingerprint density at radius 1 is 1.05 bits per heavy atom. The van der Waals surface area contributed by atoms with Crippen molar-refractivity contribution < 1.29 is 9.47 Å². The summed E-state index contributed by atoms with van der Waals surface area (Å²) in [5, 5.41) is 3.37. The van der Waals surface area contributed by atoms with Gasteiger partial charge in [0.1, 0.15) is 17.6 Å². The first-order chi connectivity index (χ1) is 10.1. The van der Waals surface area contributed by atoms with Crippen LogP contribution in [0.1, 0.15) is 18.1 Å². The maximum Gasteiger partial charge on any atom is 0.125 e. The molecular formula is C18H23NO2. The number of para-hydroxylation sites is 1. The van der Waals surface area contributed by atoms with Crippen molar-refractivity contribution in [1.82, 2.24) is 0 Å². The molecule has 3 heteroatoms. The number of aryl methyl sites for hydroxylation is 2. The Morgan fingerprint density at radius 2 is 1.71 bits per heavy atom. The highest BCUT2D eigenvalue weighted by Crippen LogP contribution is 2.24. The van der Waals surface area contributed by atoms with Crippen LogP contribution >= 0.6 is 0 Å². The fourth-order valence-electron chi connectivity index (χ4n) is 2.22. The van der Waals surface area contributed by atoms with Crippen molar-refractivity contribution in [2.75, 3.05) is 19.0 Å². The lowest BCUT2D eigenvalue weighted by molar-refractivity contribution is 0.231. The number of methoxy groups -OCH3 is 1. The average Bonchev–Trinajstić information content (AvgIpc) is 2.49. The second kappa shape index (κ2) is 7.02. The Hall–Kier alpha value is -2.16. The first kappa shape index (κ1) is 15.2. The molecule has 0 saturated carbocycles. The molecule has 0 aromatic heterocycles. The standard InChI is InChI=1S/C18H23NO2/c1-13-7-5-8-14(2)18(13)21-15(3)12-19-16-9-6-10-17(11-16)20-4/h5-11,15,19H,12H2,1-4H3. The van der Waals surface area contributed by atoms with Gasteiger partial charge in [0.25, 0.3) is 0 Å². The maximum atomic E-state index is 6.06. The first-order valence-electron chi connectivity index (χ1n) is 7.21. The number of hydrogen-bond acceptors (Lipinski definition) is 3. The van der Waals surface area contributed by atoms with E-state index in [4.69, 9.17) is 9.47 Å². The van der Waals surface area contributed by atoms with E-state index in [1.54, 1.807) is 7.11 Å². The summed E-state index contributed by atoms with van der Waals surface area (Å²) in [5.41, 5.74) is 3.37. The molecule has 0 spiro atoms. The van der Waals surface area contributed by atoms with Gasteiger partial charge in [0.15, 0.2) is 0 Å². The molecule has 2 rings (SSSR count). The van der Waals surface area contributed by atoms with E-state index in [1.807, 2.05) is 24.3 Å². The fourth-order valence-corrected chi connectivity index (χ4v) is 2.22. The zero-order valence-electron chi connectivity index (χ0n) is 13.1.